The standard InChI is InChI=1S/C15H32O2P2/c1-6-7-8-9-10-15(19(17)14(4)5)11-12-18(16)13(2)3/h13-15H,6-12H2,1-5H3/q+2. The van der Waals surface area contributed by atoms with E-state index >= 15 is 0 Å². The highest BCUT2D eigenvalue weighted by molar-refractivity contribution is 7.47. The molecule has 0 aromatic carbocycles. The lowest BCUT2D eigenvalue weighted by Gasteiger charge is -2.07. The highest BCUT2D eigenvalue weighted by Crippen LogP contribution is 2.41. The Bertz CT molecular complexity index is 275. The van der Waals surface area contributed by atoms with Crippen LogP contribution in [0, 0.1) is 0 Å². The Morgan fingerprint density at radius 1 is 0.842 bits per heavy atom. The topological polar surface area (TPSA) is 34.1 Å². The molecule has 0 amide bonds. The molecule has 0 radical (unpaired) electrons. The minimum atomic E-state index is -1.15. The smallest absolute Gasteiger partial charge is 0.0745 e. The number of hydrogen-bond acceptors (Lipinski definition) is 2. The van der Waals surface area contributed by atoms with Gasteiger partial charge in [-0.25, -0.2) is 0 Å². The van der Waals surface area contributed by atoms with Gasteiger partial charge in [0.1, 0.15) is 5.66 Å². The maximum Gasteiger partial charge on any atom is 0.344 e. The average Bonchev–Trinajstić information content (AvgIpc) is 2.36. The molecule has 112 valence electrons. The average molecular weight is 306 g/mol. The molecule has 3 atom stereocenters. The fourth-order valence-electron chi connectivity index (χ4n) is 2.16. The van der Waals surface area contributed by atoms with Crippen molar-refractivity contribution >= 4 is 15.6 Å². The molecule has 19 heavy (non-hydrogen) atoms. The molecule has 0 heterocycles. The minimum Gasteiger partial charge on any atom is -0.0745 e. The lowest BCUT2D eigenvalue weighted by Crippen LogP contribution is -2.09. The monoisotopic (exact) mass is 306 g/mol. The van der Waals surface area contributed by atoms with Crippen molar-refractivity contribution < 1.29 is 9.13 Å². The molecule has 0 spiro atoms. The molecule has 0 aromatic rings. The second-order valence-electron chi connectivity index (χ2n) is 5.98. The molecule has 0 aliphatic carbocycles. The maximum absolute atomic E-state index is 12.3. The molecule has 3 unspecified atom stereocenters. The van der Waals surface area contributed by atoms with E-state index in [4.69, 9.17) is 0 Å². The van der Waals surface area contributed by atoms with Gasteiger partial charge in [-0.05, 0) is 40.5 Å². The second-order valence-corrected chi connectivity index (χ2v) is 10.8. The molecular formula is C15H32O2P2+2. The minimum absolute atomic E-state index is 0.253. The summed E-state index contributed by atoms with van der Waals surface area (Å²) >= 11 is 0. The van der Waals surface area contributed by atoms with Crippen LogP contribution in [0.3, 0.4) is 0 Å². The fourth-order valence-corrected chi connectivity index (χ4v) is 5.11. The van der Waals surface area contributed by atoms with Crippen molar-refractivity contribution in [1.29, 1.82) is 0 Å². The van der Waals surface area contributed by atoms with E-state index < -0.39 is 15.6 Å². The van der Waals surface area contributed by atoms with Gasteiger partial charge < -0.3 is 0 Å². The van der Waals surface area contributed by atoms with Crippen molar-refractivity contribution in [3.8, 4) is 0 Å². The summed E-state index contributed by atoms with van der Waals surface area (Å²) in [6.07, 6.45) is 7.60. The SMILES string of the molecule is CCCCCCC(CC[P+](=O)C(C)C)[P+](=O)C(C)C. The zero-order valence-electron chi connectivity index (χ0n) is 13.4. The first-order valence-electron chi connectivity index (χ1n) is 7.79. The van der Waals surface area contributed by atoms with E-state index in [1.807, 2.05) is 27.7 Å². The lowest BCUT2D eigenvalue weighted by atomic mass is 10.1. The summed E-state index contributed by atoms with van der Waals surface area (Å²) in [6.45, 7) is 10.3. The lowest BCUT2D eigenvalue weighted by molar-refractivity contribution is 0.546. The Morgan fingerprint density at radius 2 is 1.47 bits per heavy atom. The first-order chi connectivity index (χ1) is 8.90. The molecular weight excluding hydrogens is 274 g/mol. The van der Waals surface area contributed by atoms with Crippen LogP contribution in [0.15, 0.2) is 0 Å². The van der Waals surface area contributed by atoms with Crippen molar-refractivity contribution in [2.45, 2.75) is 90.1 Å². The molecule has 0 aliphatic rings. The zero-order chi connectivity index (χ0) is 14.8. The Balaban J connectivity index is 4.26. The Kier molecular flexibility index (Phi) is 11.0. The van der Waals surface area contributed by atoms with Crippen LogP contribution in [-0.4, -0.2) is 23.1 Å². The van der Waals surface area contributed by atoms with Crippen LogP contribution in [0.25, 0.3) is 0 Å². The van der Waals surface area contributed by atoms with Crippen molar-refractivity contribution in [3.63, 3.8) is 0 Å². The van der Waals surface area contributed by atoms with Gasteiger partial charge in [0, 0.05) is 6.42 Å². The van der Waals surface area contributed by atoms with Gasteiger partial charge in [-0.3, -0.25) is 0 Å². The third-order valence-corrected chi connectivity index (χ3v) is 7.62. The molecule has 0 aliphatic heterocycles. The fraction of sp³-hybridized carbons (Fsp3) is 1.00. The summed E-state index contributed by atoms with van der Waals surface area (Å²) in [5.74, 6) is 0. The van der Waals surface area contributed by atoms with Gasteiger partial charge in [-0.2, -0.15) is 0 Å². The molecule has 0 bridgehead atoms. The van der Waals surface area contributed by atoms with Gasteiger partial charge in [-0.15, -0.1) is 0 Å². The van der Waals surface area contributed by atoms with Crippen LogP contribution in [0.1, 0.15) is 73.1 Å². The van der Waals surface area contributed by atoms with Crippen LogP contribution >= 0.6 is 15.6 Å². The summed E-state index contributed by atoms with van der Waals surface area (Å²) in [7, 11) is -2.27. The van der Waals surface area contributed by atoms with Gasteiger partial charge in [0.05, 0.1) is 0 Å². The molecule has 2 nitrogen and oxygen atoms in total. The van der Waals surface area contributed by atoms with Gasteiger partial charge in [0.15, 0.2) is 17.5 Å². The van der Waals surface area contributed by atoms with Crippen LogP contribution in [0.2, 0.25) is 0 Å². The summed E-state index contributed by atoms with van der Waals surface area (Å²) in [4.78, 5) is 0. The normalized spacial score (nSPS) is 14.9. The van der Waals surface area contributed by atoms with E-state index in [2.05, 4.69) is 6.92 Å². The summed E-state index contributed by atoms with van der Waals surface area (Å²) in [5, 5.41) is 0. The van der Waals surface area contributed by atoms with E-state index in [0.29, 0.717) is 0 Å². The van der Waals surface area contributed by atoms with Crippen molar-refractivity contribution in [2.24, 2.45) is 0 Å². The molecule has 0 saturated carbocycles. The van der Waals surface area contributed by atoms with Crippen LogP contribution in [0.4, 0.5) is 0 Å². The first-order valence-corrected chi connectivity index (χ1v) is 10.7. The summed E-state index contributed by atoms with van der Waals surface area (Å²) in [6, 6.07) is 0. The van der Waals surface area contributed by atoms with E-state index in [9.17, 15) is 9.13 Å². The summed E-state index contributed by atoms with van der Waals surface area (Å²) < 4.78 is 24.2. The zero-order valence-corrected chi connectivity index (χ0v) is 15.2. The van der Waals surface area contributed by atoms with Crippen molar-refractivity contribution in [3.05, 3.63) is 0 Å². The van der Waals surface area contributed by atoms with Gasteiger partial charge in [0.2, 0.25) is 0 Å². The summed E-state index contributed by atoms with van der Waals surface area (Å²) in [5.41, 5.74) is 0.792. The van der Waals surface area contributed by atoms with Gasteiger partial charge in [-0.1, -0.05) is 35.3 Å². The highest BCUT2D eigenvalue weighted by atomic mass is 31.1. The molecule has 0 rings (SSSR count). The molecule has 0 fully saturated rings. The van der Waals surface area contributed by atoms with E-state index in [0.717, 1.165) is 19.0 Å². The van der Waals surface area contributed by atoms with E-state index in [-0.39, 0.29) is 17.0 Å². The Morgan fingerprint density at radius 3 is 1.95 bits per heavy atom. The Hall–Kier alpha value is 0.200. The maximum atomic E-state index is 12.3. The Labute approximate surface area is 121 Å². The van der Waals surface area contributed by atoms with Crippen LogP contribution in [-0.2, 0) is 9.13 Å². The molecule has 4 heteroatoms. The predicted octanol–water partition coefficient (Wildman–Crippen LogP) is 6.19. The number of rotatable bonds is 11. The predicted molar refractivity (Wildman–Crippen MR) is 87.5 cm³/mol. The first kappa shape index (κ1) is 19.2. The third-order valence-electron chi connectivity index (χ3n) is 3.52. The van der Waals surface area contributed by atoms with Gasteiger partial charge in [0.25, 0.3) is 0 Å². The van der Waals surface area contributed by atoms with Crippen molar-refractivity contribution in [1.82, 2.24) is 0 Å². The van der Waals surface area contributed by atoms with Crippen LogP contribution < -0.4 is 0 Å². The van der Waals surface area contributed by atoms with E-state index in [1.54, 1.807) is 0 Å². The quantitative estimate of drug-likeness (QED) is 0.337. The molecule has 0 aromatic heterocycles. The van der Waals surface area contributed by atoms with Crippen LogP contribution in [0.5, 0.6) is 0 Å². The number of hydrogen-bond donors (Lipinski definition) is 0. The second kappa shape index (κ2) is 10.9. The largest absolute Gasteiger partial charge is 0.344 e. The van der Waals surface area contributed by atoms with E-state index in [1.165, 1.54) is 25.7 Å². The highest BCUT2D eigenvalue weighted by Gasteiger charge is 2.35. The molecule has 0 N–H and O–H groups in total. The van der Waals surface area contributed by atoms with Crippen molar-refractivity contribution in [2.75, 3.05) is 6.16 Å². The molecule has 0 saturated heterocycles. The third kappa shape index (κ3) is 8.87. The van der Waals surface area contributed by atoms with Gasteiger partial charge >= 0.3 is 15.6 Å². The number of unbranched alkanes of at least 4 members (excludes halogenated alkanes) is 3.